The Hall–Kier alpha value is -3.01. The smallest absolute Gasteiger partial charge is 0.229 e. The van der Waals surface area contributed by atoms with Crippen LogP contribution in [0.15, 0.2) is 65.8 Å². The third-order valence-electron chi connectivity index (χ3n) is 5.46. The van der Waals surface area contributed by atoms with Crippen molar-refractivity contribution < 1.29 is 17.9 Å². The van der Waals surface area contributed by atoms with E-state index in [-0.39, 0.29) is 35.9 Å². The maximum atomic E-state index is 13.3. The third-order valence-corrected chi connectivity index (χ3v) is 8.52. The molecule has 0 bridgehead atoms. The number of fused-ring (bicyclic) bond motifs is 1. The molecular weight excluding hydrogens is 506 g/mol. The monoisotopic (exact) mass is 529 g/mol. The molecule has 0 atom stereocenters. The van der Waals surface area contributed by atoms with Gasteiger partial charge >= 0.3 is 0 Å². The van der Waals surface area contributed by atoms with E-state index in [0.29, 0.717) is 15.9 Å². The van der Waals surface area contributed by atoms with Crippen molar-refractivity contribution in [3.05, 3.63) is 77.1 Å². The molecule has 0 spiro atoms. The van der Waals surface area contributed by atoms with Gasteiger partial charge in [0.1, 0.15) is 5.75 Å². The molecule has 35 heavy (non-hydrogen) atoms. The summed E-state index contributed by atoms with van der Waals surface area (Å²) in [6.07, 6.45) is 3.62. The summed E-state index contributed by atoms with van der Waals surface area (Å²) in [5.41, 5.74) is 2.57. The van der Waals surface area contributed by atoms with E-state index in [1.165, 1.54) is 30.6 Å². The summed E-state index contributed by atoms with van der Waals surface area (Å²) in [4.78, 5) is 24.0. The number of hydrogen-bond donors (Lipinski definition) is 0. The highest BCUT2D eigenvalue weighted by atomic mass is 35.5. The van der Waals surface area contributed by atoms with E-state index in [2.05, 4.69) is 4.98 Å². The summed E-state index contributed by atoms with van der Waals surface area (Å²) in [7, 11) is -2.00. The van der Waals surface area contributed by atoms with E-state index < -0.39 is 9.84 Å². The fraction of sp³-hybridized carbons (Fsp3) is 0.240. The first kappa shape index (κ1) is 25.1. The number of carbonyl (C=O) groups excluding carboxylic acids is 1. The summed E-state index contributed by atoms with van der Waals surface area (Å²) in [6.45, 7) is 2.21. The van der Waals surface area contributed by atoms with Crippen LogP contribution in [0.2, 0.25) is 5.02 Å². The molecule has 2 aromatic heterocycles. The molecule has 0 saturated carbocycles. The number of aryl methyl sites for hydroxylation is 1. The number of methoxy groups -OCH3 is 1. The van der Waals surface area contributed by atoms with E-state index in [4.69, 9.17) is 21.3 Å². The van der Waals surface area contributed by atoms with Crippen molar-refractivity contribution in [1.29, 1.82) is 0 Å². The highest BCUT2D eigenvalue weighted by Gasteiger charge is 2.22. The number of nitrogens with zero attached hydrogens (tertiary/aromatic N) is 3. The molecule has 0 saturated heterocycles. The average molecular weight is 530 g/mol. The lowest BCUT2D eigenvalue weighted by Gasteiger charge is -2.20. The van der Waals surface area contributed by atoms with Crippen molar-refractivity contribution in [2.75, 3.05) is 17.8 Å². The first-order chi connectivity index (χ1) is 16.8. The minimum atomic E-state index is -3.53. The van der Waals surface area contributed by atoms with Crippen LogP contribution in [0.25, 0.3) is 10.2 Å². The second-order valence-corrected chi connectivity index (χ2v) is 11.6. The van der Waals surface area contributed by atoms with E-state index in [1.54, 1.807) is 29.4 Å². The molecule has 4 rings (SSSR count). The molecule has 2 aromatic carbocycles. The number of aromatic nitrogens is 2. The fourth-order valence-corrected chi connectivity index (χ4v) is 6.39. The number of halogens is 1. The molecule has 4 aromatic rings. The highest BCUT2D eigenvalue weighted by molar-refractivity contribution is 7.91. The Morgan fingerprint density at radius 1 is 1.17 bits per heavy atom. The highest BCUT2D eigenvalue weighted by Crippen LogP contribution is 2.34. The maximum absolute atomic E-state index is 13.3. The number of amides is 1. The van der Waals surface area contributed by atoms with Gasteiger partial charge in [-0.15, -0.1) is 0 Å². The zero-order valence-corrected chi connectivity index (χ0v) is 21.7. The number of benzene rings is 2. The van der Waals surface area contributed by atoms with Crippen molar-refractivity contribution in [2.24, 2.45) is 0 Å². The fourth-order valence-electron chi connectivity index (χ4n) is 3.64. The van der Waals surface area contributed by atoms with Crippen LogP contribution in [0.5, 0.6) is 5.75 Å². The predicted molar refractivity (Wildman–Crippen MR) is 139 cm³/mol. The molecule has 182 valence electrons. The topological polar surface area (TPSA) is 89.5 Å². The van der Waals surface area contributed by atoms with Crippen molar-refractivity contribution in [3.63, 3.8) is 0 Å². The van der Waals surface area contributed by atoms with Crippen LogP contribution in [0.4, 0.5) is 5.13 Å². The zero-order chi connectivity index (χ0) is 25.0. The van der Waals surface area contributed by atoms with Crippen molar-refractivity contribution in [3.8, 4) is 5.75 Å². The van der Waals surface area contributed by atoms with Crippen molar-refractivity contribution in [1.82, 2.24) is 9.97 Å². The number of anilines is 1. The molecule has 0 unspecified atom stereocenters. The van der Waals surface area contributed by atoms with Gasteiger partial charge in [0.15, 0.2) is 15.0 Å². The summed E-state index contributed by atoms with van der Waals surface area (Å²) in [5, 5.41) is 1.15. The normalized spacial score (nSPS) is 11.5. The Balaban J connectivity index is 1.53. The standard InChI is InChI=1S/C25H24ClN3O4S2/c1-17-13-19(26)14-22-24(17)28-25(34-22)29(16-18-5-3-11-27-15-18)23(30)6-4-12-35(31,32)21-9-7-20(33-2)8-10-21/h3,5,7-11,13-15H,4,6,12,16H2,1-2H3. The van der Waals surface area contributed by atoms with Crippen LogP contribution in [0, 0.1) is 6.92 Å². The lowest BCUT2D eigenvalue weighted by molar-refractivity contribution is -0.118. The zero-order valence-electron chi connectivity index (χ0n) is 19.3. The van der Waals surface area contributed by atoms with Crippen LogP contribution in [0.1, 0.15) is 24.0 Å². The van der Waals surface area contributed by atoms with Gasteiger partial charge in [0, 0.05) is 23.8 Å². The number of hydrogen-bond acceptors (Lipinski definition) is 7. The molecule has 0 aliphatic carbocycles. The first-order valence-corrected chi connectivity index (χ1v) is 13.7. The van der Waals surface area contributed by atoms with E-state index in [1.807, 2.05) is 31.2 Å². The number of ether oxygens (including phenoxy) is 1. The second-order valence-electron chi connectivity index (χ2n) is 8.00. The minimum absolute atomic E-state index is 0.0608. The predicted octanol–water partition coefficient (Wildman–Crippen LogP) is 5.45. The lowest BCUT2D eigenvalue weighted by Crippen LogP contribution is -2.30. The van der Waals surface area contributed by atoms with Crippen molar-refractivity contribution >= 4 is 54.0 Å². The molecule has 0 fully saturated rings. The van der Waals surface area contributed by atoms with Crippen LogP contribution < -0.4 is 9.64 Å². The molecular formula is C25H24ClN3O4S2. The second kappa shape index (κ2) is 10.7. The molecule has 0 aliphatic heterocycles. The van der Waals surface area contributed by atoms with E-state index >= 15 is 0 Å². The SMILES string of the molecule is COc1ccc(S(=O)(=O)CCCC(=O)N(Cc2cccnc2)c2nc3c(C)cc(Cl)cc3s2)cc1. The molecule has 0 aliphatic rings. The van der Waals surface area contributed by atoms with Gasteiger partial charge in [0.05, 0.1) is 34.5 Å². The van der Waals surface area contributed by atoms with Crippen LogP contribution in [0.3, 0.4) is 0 Å². The summed E-state index contributed by atoms with van der Waals surface area (Å²) in [6, 6.07) is 13.6. The van der Waals surface area contributed by atoms with Gasteiger partial charge in [-0.1, -0.05) is 29.0 Å². The van der Waals surface area contributed by atoms with Crippen molar-refractivity contribution in [2.45, 2.75) is 31.2 Å². The van der Waals surface area contributed by atoms with Gasteiger partial charge in [0.25, 0.3) is 0 Å². The number of thiazole rings is 1. The largest absolute Gasteiger partial charge is 0.497 e. The summed E-state index contributed by atoms with van der Waals surface area (Å²) >= 11 is 7.59. The lowest BCUT2D eigenvalue weighted by atomic mass is 10.2. The van der Waals surface area contributed by atoms with Crippen LogP contribution >= 0.6 is 22.9 Å². The van der Waals surface area contributed by atoms with E-state index in [0.717, 1.165) is 21.3 Å². The molecule has 0 N–H and O–H groups in total. The van der Waals surface area contributed by atoms with Gasteiger partial charge in [-0.2, -0.15) is 0 Å². The van der Waals surface area contributed by atoms with Crippen LogP contribution in [-0.4, -0.2) is 37.2 Å². The van der Waals surface area contributed by atoms with Gasteiger partial charge < -0.3 is 4.74 Å². The molecule has 2 heterocycles. The molecule has 1 amide bonds. The van der Waals surface area contributed by atoms with Gasteiger partial charge in [-0.05, 0) is 66.9 Å². The number of rotatable bonds is 9. The third kappa shape index (κ3) is 5.98. The summed E-state index contributed by atoms with van der Waals surface area (Å²) in [5.74, 6) is 0.236. The Labute approximate surface area is 213 Å². The molecule has 0 radical (unpaired) electrons. The Morgan fingerprint density at radius 3 is 2.63 bits per heavy atom. The van der Waals surface area contributed by atoms with Crippen LogP contribution in [-0.2, 0) is 21.2 Å². The Morgan fingerprint density at radius 2 is 1.94 bits per heavy atom. The number of sulfone groups is 1. The van der Waals surface area contributed by atoms with Gasteiger partial charge in [0.2, 0.25) is 5.91 Å². The molecule has 7 nitrogen and oxygen atoms in total. The van der Waals surface area contributed by atoms with Gasteiger partial charge in [-0.3, -0.25) is 14.7 Å². The summed E-state index contributed by atoms with van der Waals surface area (Å²) < 4.78 is 31.4. The molecule has 10 heteroatoms. The average Bonchev–Trinajstić information content (AvgIpc) is 3.27. The van der Waals surface area contributed by atoms with Gasteiger partial charge in [-0.25, -0.2) is 13.4 Å². The first-order valence-electron chi connectivity index (χ1n) is 10.9. The minimum Gasteiger partial charge on any atom is -0.497 e. The number of carbonyl (C=O) groups is 1. The maximum Gasteiger partial charge on any atom is 0.229 e. The quantitative estimate of drug-likeness (QED) is 0.286. The number of pyridine rings is 1. The van der Waals surface area contributed by atoms with E-state index in [9.17, 15) is 13.2 Å². The Bertz CT molecular complexity index is 1440. The Kier molecular flexibility index (Phi) is 7.69.